The molecule has 2 aromatic carbocycles. The number of halogens is 3. The Hall–Kier alpha value is -1.83. The predicted octanol–water partition coefficient (Wildman–Crippen LogP) is 7.53. The maximum absolute atomic E-state index is 13.0. The average molecular weight is 446 g/mol. The first kappa shape index (κ1) is 22.4. The van der Waals surface area contributed by atoms with Gasteiger partial charge in [0.25, 0.3) is 0 Å². The first-order valence-corrected chi connectivity index (χ1v) is 11.3. The molecule has 2 nitrogen and oxygen atoms in total. The SMILES string of the molecule is CC1(C)OB(CCC(c2ccc(C(F)(F)F)cc2)c2ccc3sccc3c2)OC1(C)C. The zero-order valence-electron chi connectivity index (χ0n) is 18.1. The van der Waals surface area contributed by atoms with Gasteiger partial charge in [-0.2, -0.15) is 13.2 Å². The fourth-order valence-electron chi connectivity index (χ4n) is 4.02. The van der Waals surface area contributed by atoms with E-state index in [-0.39, 0.29) is 13.0 Å². The fraction of sp³-hybridized carbons (Fsp3) is 0.417. The Morgan fingerprint density at radius 1 is 0.903 bits per heavy atom. The van der Waals surface area contributed by atoms with Crippen LogP contribution in [0.3, 0.4) is 0 Å². The second-order valence-electron chi connectivity index (χ2n) is 9.15. The van der Waals surface area contributed by atoms with Crippen molar-refractivity contribution in [3.8, 4) is 0 Å². The van der Waals surface area contributed by atoms with Crippen LogP contribution >= 0.6 is 11.3 Å². The molecule has 0 amide bonds. The number of alkyl halides is 3. The summed E-state index contributed by atoms with van der Waals surface area (Å²) < 4.78 is 52.6. The van der Waals surface area contributed by atoms with Gasteiger partial charge >= 0.3 is 13.3 Å². The van der Waals surface area contributed by atoms with Crippen LogP contribution < -0.4 is 0 Å². The Morgan fingerprint density at radius 2 is 1.52 bits per heavy atom. The molecule has 3 aromatic rings. The maximum Gasteiger partial charge on any atom is 0.457 e. The summed E-state index contributed by atoms with van der Waals surface area (Å²) in [6.45, 7) is 8.07. The topological polar surface area (TPSA) is 18.5 Å². The molecule has 0 bridgehead atoms. The van der Waals surface area contributed by atoms with E-state index in [0.29, 0.717) is 12.7 Å². The molecule has 0 aliphatic carbocycles. The van der Waals surface area contributed by atoms with Crippen molar-refractivity contribution >= 4 is 28.5 Å². The van der Waals surface area contributed by atoms with Crippen molar-refractivity contribution < 1.29 is 22.5 Å². The lowest BCUT2D eigenvalue weighted by Crippen LogP contribution is -2.41. The molecule has 1 aromatic heterocycles. The second kappa shape index (κ2) is 7.94. The standard InChI is InChI=1S/C24H26BF3O2S/c1-22(2)23(3,4)30-25(29-22)13-11-20(16-5-8-19(9-6-16)24(26,27)28)17-7-10-21-18(15-17)12-14-31-21/h5-10,12,14-15,20H,11,13H2,1-4H3. The minimum absolute atomic E-state index is 0.0504. The Morgan fingerprint density at radius 3 is 2.13 bits per heavy atom. The molecule has 1 fully saturated rings. The van der Waals surface area contributed by atoms with E-state index < -0.39 is 22.9 Å². The summed E-state index contributed by atoms with van der Waals surface area (Å²) in [7, 11) is -0.341. The van der Waals surface area contributed by atoms with Crippen LogP contribution in [0.15, 0.2) is 53.9 Å². The molecule has 0 spiro atoms. The molecule has 1 unspecified atom stereocenters. The van der Waals surface area contributed by atoms with E-state index in [2.05, 4.69) is 24.3 Å². The van der Waals surface area contributed by atoms with Crippen LogP contribution in [-0.4, -0.2) is 18.3 Å². The highest BCUT2D eigenvalue weighted by Crippen LogP contribution is 2.40. The van der Waals surface area contributed by atoms with Gasteiger partial charge in [-0.3, -0.25) is 0 Å². The number of thiophene rings is 1. The summed E-state index contributed by atoms with van der Waals surface area (Å²) in [5.74, 6) is -0.0504. The highest BCUT2D eigenvalue weighted by atomic mass is 32.1. The third-order valence-corrected chi connectivity index (χ3v) is 7.41. The van der Waals surface area contributed by atoms with E-state index in [1.807, 2.05) is 33.1 Å². The summed E-state index contributed by atoms with van der Waals surface area (Å²) in [4.78, 5) is 0. The molecular weight excluding hydrogens is 420 g/mol. The molecule has 1 aliphatic heterocycles. The van der Waals surface area contributed by atoms with Crippen LogP contribution in [0.1, 0.15) is 56.7 Å². The van der Waals surface area contributed by atoms with Crippen molar-refractivity contribution in [1.29, 1.82) is 0 Å². The van der Waals surface area contributed by atoms with Gasteiger partial charge in [-0.25, -0.2) is 0 Å². The Labute approximate surface area is 185 Å². The molecule has 7 heteroatoms. The van der Waals surface area contributed by atoms with Crippen molar-refractivity contribution in [2.75, 3.05) is 0 Å². The van der Waals surface area contributed by atoms with Crippen molar-refractivity contribution in [3.05, 3.63) is 70.6 Å². The molecule has 1 atom stereocenters. The number of hydrogen-bond donors (Lipinski definition) is 0. The average Bonchev–Trinajstić information content (AvgIpc) is 3.22. The number of rotatable bonds is 5. The van der Waals surface area contributed by atoms with Crippen molar-refractivity contribution in [1.82, 2.24) is 0 Å². The highest BCUT2D eigenvalue weighted by Gasteiger charge is 2.50. The van der Waals surface area contributed by atoms with Gasteiger partial charge in [-0.15, -0.1) is 11.3 Å². The van der Waals surface area contributed by atoms with Crippen LogP contribution in [-0.2, 0) is 15.5 Å². The van der Waals surface area contributed by atoms with Crippen molar-refractivity contribution in [2.45, 2.75) is 63.7 Å². The molecular formula is C24H26BF3O2S. The van der Waals surface area contributed by atoms with Gasteiger partial charge in [0.05, 0.1) is 16.8 Å². The number of benzene rings is 2. The van der Waals surface area contributed by atoms with E-state index >= 15 is 0 Å². The highest BCUT2D eigenvalue weighted by molar-refractivity contribution is 7.17. The van der Waals surface area contributed by atoms with Gasteiger partial charge in [-0.05, 0) is 92.7 Å². The van der Waals surface area contributed by atoms with Crippen LogP contribution in [0, 0.1) is 0 Å². The Balaban J connectivity index is 1.61. The minimum atomic E-state index is -4.34. The quantitative estimate of drug-likeness (QED) is 0.377. The third kappa shape index (κ3) is 4.54. The van der Waals surface area contributed by atoms with Gasteiger partial charge in [0, 0.05) is 10.6 Å². The van der Waals surface area contributed by atoms with Crippen LogP contribution in [0.25, 0.3) is 10.1 Å². The molecule has 1 aliphatic rings. The molecule has 0 radical (unpaired) electrons. The molecule has 4 rings (SSSR count). The lowest BCUT2D eigenvalue weighted by atomic mass is 9.76. The van der Waals surface area contributed by atoms with Crippen LogP contribution in [0.4, 0.5) is 13.2 Å². The molecule has 1 saturated heterocycles. The van der Waals surface area contributed by atoms with Gasteiger partial charge in [0.15, 0.2) is 0 Å². The van der Waals surface area contributed by atoms with Gasteiger partial charge < -0.3 is 9.31 Å². The van der Waals surface area contributed by atoms with E-state index in [1.165, 1.54) is 16.8 Å². The van der Waals surface area contributed by atoms with Crippen LogP contribution in [0.2, 0.25) is 6.32 Å². The van der Waals surface area contributed by atoms with E-state index in [0.717, 1.165) is 16.5 Å². The van der Waals surface area contributed by atoms with Gasteiger partial charge in [-0.1, -0.05) is 18.2 Å². The Bertz CT molecular complexity index is 1040. The summed E-state index contributed by atoms with van der Waals surface area (Å²) in [5.41, 5.74) is 0.504. The number of fused-ring (bicyclic) bond motifs is 1. The van der Waals surface area contributed by atoms with E-state index in [4.69, 9.17) is 9.31 Å². The lowest BCUT2D eigenvalue weighted by molar-refractivity contribution is -0.137. The van der Waals surface area contributed by atoms with Crippen molar-refractivity contribution in [3.63, 3.8) is 0 Å². The third-order valence-electron chi connectivity index (χ3n) is 6.51. The fourth-order valence-corrected chi connectivity index (χ4v) is 4.79. The molecule has 0 N–H and O–H groups in total. The van der Waals surface area contributed by atoms with E-state index in [1.54, 1.807) is 23.5 Å². The minimum Gasteiger partial charge on any atom is -0.403 e. The molecule has 31 heavy (non-hydrogen) atoms. The predicted molar refractivity (Wildman–Crippen MR) is 121 cm³/mol. The molecule has 164 valence electrons. The Kier molecular flexibility index (Phi) is 5.73. The first-order chi connectivity index (χ1) is 14.5. The summed E-state index contributed by atoms with van der Waals surface area (Å²) >= 11 is 1.68. The number of hydrogen-bond acceptors (Lipinski definition) is 3. The zero-order chi connectivity index (χ0) is 22.4. The van der Waals surface area contributed by atoms with E-state index in [9.17, 15) is 13.2 Å². The normalized spacial score (nSPS) is 19.1. The smallest absolute Gasteiger partial charge is 0.403 e. The van der Waals surface area contributed by atoms with Crippen LogP contribution in [0.5, 0.6) is 0 Å². The maximum atomic E-state index is 13.0. The lowest BCUT2D eigenvalue weighted by Gasteiger charge is -2.32. The molecule has 0 saturated carbocycles. The second-order valence-corrected chi connectivity index (χ2v) is 10.1. The first-order valence-electron chi connectivity index (χ1n) is 10.5. The summed E-state index contributed by atoms with van der Waals surface area (Å²) in [6.07, 6.45) is -2.98. The van der Waals surface area contributed by atoms with Gasteiger partial charge in [0.2, 0.25) is 0 Å². The monoisotopic (exact) mass is 446 g/mol. The largest absolute Gasteiger partial charge is 0.457 e. The molecule has 2 heterocycles. The van der Waals surface area contributed by atoms with Crippen molar-refractivity contribution in [2.24, 2.45) is 0 Å². The summed E-state index contributed by atoms with van der Waals surface area (Å²) in [5, 5.41) is 3.20. The summed E-state index contributed by atoms with van der Waals surface area (Å²) in [6, 6.07) is 13.9. The zero-order valence-corrected chi connectivity index (χ0v) is 18.9. The van der Waals surface area contributed by atoms with Gasteiger partial charge in [0.1, 0.15) is 0 Å².